The summed E-state index contributed by atoms with van der Waals surface area (Å²) < 4.78 is 20.5. The van der Waals surface area contributed by atoms with Crippen LogP contribution in [0.2, 0.25) is 0 Å². The quantitative estimate of drug-likeness (QED) is 0.444. The fraction of sp³-hybridized carbons (Fsp3) is 0.273. The number of carbonyl (C=O) groups is 2. The van der Waals surface area contributed by atoms with Crippen molar-refractivity contribution >= 4 is 23.1 Å². The first kappa shape index (κ1) is 21.5. The van der Waals surface area contributed by atoms with Crippen LogP contribution in [-0.2, 0) is 7.05 Å². The Hall–Kier alpha value is -4.35. The number of fused-ring (bicyclic) bond motifs is 1. The number of aryl methyl sites for hydroxylation is 1. The van der Waals surface area contributed by atoms with E-state index in [9.17, 15) is 14.0 Å². The van der Waals surface area contributed by atoms with Crippen molar-refractivity contribution in [1.29, 1.82) is 0 Å². The molecule has 1 saturated heterocycles. The number of alkyl halides is 1. The van der Waals surface area contributed by atoms with E-state index in [1.165, 1.54) is 10.9 Å². The number of likely N-dealkylation sites (tertiary alicyclic amines) is 1. The molecule has 4 aromatic rings. The number of anilines is 1. The van der Waals surface area contributed by atoms with Gasteiger partial charge in [-0.1, -0.05) is 6.07 Å². The van der Waals surface area contributed by atoms with Crippen molar-refractivity contribution in [3.63, 3.8) is 0 Å². The zero-order valence-electron chi connectivity index (χ0n) is 18.3. The van der Waals surface area contributed by atoms with E-state index >= 15 is 0 Å². The van der Waals surface area contributed by atoms with Crippen LogP contribution in [0.4, 0.5) is 10.1 Å². The lowest BCUT2D eigenvalue weighted by molar-refractivity contribution is 0.0648. The molecule has 0 aliphatic carbocycles. The van der Waals surface area contributed by atoms with Gasteiger partial charge in [0.25, 0.3) is 11.8 Å². The molecule has 4 aromatic heterocycles. The van der Waals surface area contributed by atoms with E-state index in [2.05, 4.69) is 25.5 Å². The fourth-order valence-electron chi connectivity index (χ4n) is 3.57. The highest BCUT2D eigenvalue weighted by atomic mass is 19.1. The van der Waals surface area contributed by atoms with Crippen LogP contribution in [0.25, 0.3) is 17.2 Å². The van der Waals surface area contributed by atoms with E-state index in [-0.39, 0.29) is 29.7 Å². The van der Waals surface area contributed by atoms with E-state index < -0.39 is 12.6 Å². The average molecular weight is 464 g/mol. The van der Waals surface area contributed by atoms with Gasteiger partial charge in [-0.15, -0.1) is 5.10 Å². The van der Waals surface area contributed by atoms with Gasteiger partial charge in [-0.25, -0.2) is 18.9 Å². The van der Waals surface area contributed by atoms with Crippen LogP contribution < -0.4 is 10.1 Å². The summed E-state index contributed by atoms with van der Waals surface area (Å²) in [6.07, 6.45) is 4.03. The van der Waals surface area contributed by atoms with E-state index in [1.807, 2.05) is 0 Å². The van der Waals surface area contributed by atoms with Gasteiger partial charge in [-0.05, 0) is 18.6 Å². The molecule has 0 aromatic carbocycles. The van der Waals surface area contributed by atoms with E-state index in [1.54, 1.807) is 53.0 Å². The number of hydrogen-bond donors (Lipinski definition) is 1. The van der Waals surface area contributed by atoms with Crippen LogP contribution in [0.1, 0.15) is 27.3 Å². The second-order valence-electron chi connectivity index (χ2n) is 7.68. The van der Waals surface area contributed by atoms with Crippen LogP contribution in [0, 0.1) is 0 Å². The summed E-state index contributed by atoms with van der Waals surface area (Å²) in [5.41, 5.74) is 1.88. The third-order valence-corrected chi connectivity index (χ3v) is 5.40. The number of carbonyl (C=O) groups excluding carboxylic acids is 2. The monoisotopic (exact) mass is 464 g/mol. The molecular formula is C22H21FN8O3. The predicted molar refractivity (Wildman–Crippen MR) is 119 cm³/mol. The second-order valence-corrected chi connectivity index (χ2v) is 7.68. The summed E-state index contributed by atoms with van der Waals surface area (Å²) in [5, 5.41) is 11.3. The smallest absolute Gasteiger partial charge is 0.274 e. The third-order valence-electron chi connectivity index (χ3n) is 5.40. The Labute approximate surface area is 193 Å². The Balaban J connectivity index is 1.37. The maximum atomic E-state index is 13.0. The molecule has 1 aliphatic heterocycles. The lowest BCUT2D eigenvalue weighted by atomic mass is 10.1. The number of hydrogen-bond acceptors (Lipinski definition) is 7. The lowest BCUT2D eigenvalue weighted by Gasteiger charge is -2.30. The summed E-state index contributed by atoms with van der Waals surface area (Å²) in [6.45, 7) is 0.667. The first-order valence-corrected chi connectivity index (χ1v) is 10.7. The molecule has 0 saturated carbocycles. The molecule has 0 spiro atoms. The van der Waals surface area contributed by atoms with Crippen LogP contribution in [0.5, 0.6) is 5.88 Å². The summed E-state index contributed by atoms with van der Waals surface area (Å²) in [5.74, 6) is -0.0235. The minimum atomic E-state index is -0.611. The molecule has 5 heterocycles. The van der Waals surface area contributed by atoms with Crippen molar-refractivity contribution in [1.82, 2.24) is 34.3 Å². The van der Waals surface area contributed by atoms with Crippen molar-refractivity contribution < 1.29 is 18.7 Å². The summed E-state index contributed by atoms with van der Waals surface area (Å²) in [6, 6.07) is 8.40. The van der Waals surface area contributed by atoms with Gasteiger partial charge in [0.1, 0.15) is 24.7 Å². The Morgan fingerprint density at radius 1 is 1.21 bits per heavy atom. The average Bonchev–Trinajstić information content (AvgIpc) is 3.40. The van der Waals surface area contributed by atoms with Crippen molar-refractivity contribution in [3.8, 4) is 17.4 Å². The van der Waals surface area contributed by atoms with Crippen molar-refractivity contribution in [2.75, 3.05) is 31.7 Å². The summed E-state index contributed by atoms with van der Waals surface area (Å²) >= 11 is 0. The lowest BCUT2D eigenvalue weighted by Crippen LogP contribution is -2.42. The molecule has 1 N–H and O–H groups in total. The number of ether oxygens (including phenoxy) is 1. The second kappa shape index (κ2) is 8.89. The Kier molecular flexibility index (Phi) is 5.62. The molecule has 0 atom stereocenters. The van der Waals surface area contributed by atoms with Crippen molar-refractivity contribution in [2.45, 2.75) is 6.42 Å². The first-order chi connectivity index (χ1) is 16.5. The number of aromatic nitrogens is 6. The van der Waals surface area contributed by atoms with Crippen LogP contribution >= 0.6 is 0 Å². The maximum absolute atomic E-state index is 13.0. The Morgan fingerprint density at radius 3 is 2.82 bits per heavy atom. The molecule has 1 fully saturated rings. The highest BCUT2D eigenvalue weighted by Gasteiger charge is 2.28. The van der Waals surface area contributed by atoms with Gasteiger partial charge in [-0.2, -0.15) is 5.10 Å². The topological polar surface area (TPSA) is 120 Å². The van der Waals surface area contributed by atoms with Gasteiger partial charge in [0.2, 0.25) is 11.7 Å². The zero-order chi connectivity index (χ0) is 23.7. The normalized spacial score (nSPS) is 13.1. The number of rotatable bonds is 7. The molecule has 34 heavy (non-hydrogen) atoms. The van der Waals surface area contributed by atoms with Gasteiger partial charge < -0.3 is 15.0 Å². The van der Waals surface area contributed by atoms with Crippen LogP contribution in [0.15, 0.2) is 42.7 Å². The number of nitrogens with zero attached hydrogens (tertiary/aromatic N) is 7. The van der Waals surface area contributed by atoms with Gasteiger partial charge >= 0.3 is 0 Å². The maximum Gasteiger partial charge on any atom is 0.274 e. The number of amides is 2. The van der Waals surface area contributed by atoms with Crippen molar-refractivity contribution in [2.24, 2.45) is 7.05 Å². The van der Waals surface area contributed by atoms with E-state index in [4.69, 9.17) is 4.74 Å². The molecule has 0 radical (unpaired) electrons. The van der Waals surface area contributed by atoms with Gasteiger partial charge in [0.05, 0.1) is 11.8 Å². The third kappa shape index (κ3) is 4.05. The minimum absolute atomic E-state index is 0.0832. The van der Waals surface area contributed by atoms with Crippen LogP contribution in [0.3, 0.4) is 0 Å². The molecular weight excluding hydrogens is 443 g/mol. The largest absolute Gasteiger partial charge is 0.475 e. The summed E-state index contributed by atoms with van der Waals surface area (Å²) in [4.78, 5) is 36.1. The van der Waals surface area contributed by atoms with Crippen molar-refractivity contribution in [3.05, 3.63) is 54.0 Å². The number of pyridine rings is 2. The molecule has 5 rings (SSSR count). The van der Waals surface area contributed by atoms with Gasteiger partial charge in [0, 0.05) is 44.2 Å². The highest BCUT2D eigenvalue weighted by Crippen LogP contribution is 2.21. The van der Waals surface area contributed by atoms with Gasteiger partial charge in [0.15, 0.2) is 5.65 Å². The molecule has 0 bridgehead atoms. The van der Waals surface area contributed by atoms with E-state index in [0.29, 0.717) is 35.9 Å². The first-order valence-electron chi connectivity index (χ1n) is 10.7. The zero-order valence-corrected chi connectivity index (χ0v) is 18.3. The molecule has 11 nitrogen and oxygen atoms in total. The van der Waals surface area contributed by atoms with Crippen LogP contribution in [-0.4, -0.2) is 72.4 Å². The molecule has 2 amide bonds. The molecule has 1 aliphatic rings. The Morgan fingerprint density at radius 2 is 2.06 bits per heavy atom. The SMILES string of the molecule is Cn1ncc(C(=O)N2CCC2)c1C(=O)Nc1ccn2nc(-c3cccc(OCCF)n3)nc2c1. The van der Waals surface area contributed by atoms with E-state index in [0.717, 1.165) is 6.42 Å². The Bertz CT molecular complexity index is 1380. The predicted octanol–water partition coefficient (Wildman–Crippen LogP) is 1.97. The number of nitrogens with one attached hydrogen (secondary N) is 1. The molecule has 12 heteroatoms. The highest BCUT2D eigenvalue weighted by molar-refractivity contribution is 6.11. The number of halogens is 1. The summed E-state index contributed by atoms with van der Waals surface area (Å²) in [7, 11) is 1.62. The standard InChI is InChI=1S/C22H21FN8O3/c1-29-19(15(13-24-29)22(33)30-8-3-9-30)21(32)25-14-6-10-31-17(12-14)27-20(28-31)16-4-2-5-18(26-16)34-11-7-23/h2,4-6,10,12-13H,3,7-9,11H2,1H3,(H,25,32). The minimum Gasteiger partial charge on any atom is -0.475 e. The molecule has 174 valence electrons. The van der Waals surface area contributed by atoms with Gasteiger partial charge in [-0.3, -0.25) is 14.3 Å². The molecule has 0 unspecified atom stereocenters. The fourth-order valence-corrected chi connectivity index (χ4v) is 3.57.